The van der Waals surface area contributed by atoms with Gasteiger partial charge >= 0.3 is 0 Å². The Kier molecular flexibility index (Phi) is 5.45. The fourth-order valence-electron chi connectivity index (χ4n) is 6.00. The Balaban J connectivity index is 1.30. The van der Waals surface area contributed by atoms with Crippen molar-refractivity contribution >= 4 is 22.9 Å². The second kappa shape index (κ2) is 8.50. The first-order chi connectivity index (χ1) is 16.5. The number of nitrogens with zero attached hydrogens (tertiary/aromatic N) is 4. The molecule has 2 aliphatic heterocycles. The molecule has 3 fully saturated rings. The molecular weight excluding hydrogens is 428 g/mol. The predicted molar refractivity (Wildman–Crippen MR) is 131 cm³/mol. The minimum Gasteiger partial charge on any atom is -0.351 e. The van der Waals surface area contributed by atoms with Crippen molar-refractivity contribution in [1.82, 2.24) is 24.9 Å². The van der Waals surface area contributed by atoms with Gasteiger partial charge in [0.25, 0.3) is 5.91 Å². The Hall–Kier alpha value is -2.71. The average Bonchev–Trinajstić information content (AvgIpc) is 3.57. The van der Waals surface area contributed by atoms with Crippen molar-refractivity contribution in [2.24, 2.45) is 5.41 Å². The summed E-state index contributed by atoms with van der Waals surface area (Å²) in [6.07, 6.45) is 6.03. The molecule has 3 aliphatic rings. The highest BCUT2D eigenvalue weighted by Crippen LogP contribution is 2.53. The fourth-order valence-corrected chi connectivity index (χ4v) is 6.00. The van der Waals surface area contributed by atoms with Crippen molar-refractivity contribution in [2.45, 2.75) is 64.5 Å². The summed E-state index contributed by atoms with van der Waals surface area (Å²) >= 11 is 0. The molecule has 0 radical (unpaired) electrons. The number of nitrogens with one attached hydrogen (secondary N) is 2. The quantitative estimate of drug-likeness (QED) is 0.568. The Morgan fingerprint density at radius 1 is 1.26 bits per heavy atom. The molecule has 34 heavy (non-hydrogen) atoms. The van der Waals surface area contributed by atoms with Crippen LogP contribution in [0.2, 0.25) is 0 Å². The van der Waals surface area contributed by atoms with Crippen molar-refractivity contribution < 1.29 is 9.32 Å². The van der Waals surface area contributed by atoms with Crippen molar-refractivity contribution in [3.8, 4) is 0 Å². The van der Waals surface area contributed by atoms with E-state index in [4.69, 9.17) is 9.51 Å². The highest BCUT2D eigenvalue weighted by atomic mass is 16.5. The van der Waals surface area contributed by atoms with Crippen LogP contribution in [-0.4, -0.2) is 51.7 Å². The van der Waals surface area contributed by atoms with E-state index in [0.29, 0.717) is 17.4 Å². The molecule has 1 amide bonds. The minimum atomic E-state index is -0.301. The van der Waals surface area contributed by atoms with Gasteiger partial charge < -0.3 is 14.4 Å². The minimum absolute atomic E-state index is 0.204. The van der Waals surface area contributed by atoms with Gasteiger partial charge in [-0.2, -0.15) is 0 Å². The van der Waals surface area contributed by atoms with Gasteiger partial charge in [-0.25, -0.2) is 4.98 Å². The van der Waals surface area contributed by atoms with Crippen LogP contribution >= 0.6 is 0 Å². The summed E-state index contributed by atoms with van der Waals surface area (Å²) in [6, 6.07) is 8.67. The van der Waals surface area contributed by atoms with E-state index in [2.05, 4.69) is 43.5 Å². The van der Waals surface area contributed by atoms with Crippen LogP contribution in [-0.2, 0) is 6.54 Å². The number of benzene rings is 1. The van der Waals surface area contributed by atoms with Crippen LogP contribution in [0.3, 0.4) is 0 Å². The van der Waals surface area contributed by atoms with Crippen LogP contribution < -0.4 is 10.6 Å². The van der Waals surface area contributed by atoms with Crippen LogP contribution in [0.5, 0.6) is 0 Å². The molecule has 0 unspecified atom stereocenters. The number of amides is 1. The molecule has 1 saturated carbocycles. The van der Waals surface area contributed by atoms with Crippen LogP contribution in [0, 0.1) is 5.41 Å². The first-order valence-corrected chi connectivity index (χ1v) is 12.7. The topological polar surface area (TPSA) is 88.2 Å². The van der Waals surface area contributed by atoms with E-state index in [0.717, 1.165) is 49.2 Å². The Morgan fingerprint density at radius 2 is 2.09 bits per heavy atom. The first kappa shape index (κ1) is 21.8. The lowest BCUT2D eigenvalue weighted by Crippen LogP contribution is -2.40. The third-order valence-corrected chi connectivity index (χ3v) is 7.96. The first-order valence-electron chi connectivity index (χ1n) is 12.7. The monoisotopic (exact) mass is 462 g/mol. The van der Waals surface area contributed by atoms with Gasteiger partial charge in [-0.05, 0) is 80.8 Å². The zero-order valence-corrected chi connectivity index (χ0v) is 20.1. The molecule has 6 rings (SSSR count). The van der Waals surface area contributed by atoms with Gasteiger partial charge in [0.2, 0.25) is 11.7 Å². The third-order valence-electron chi connectivity index (χ3n) is 7.96. The third kappa shape index (κ3) is 3.92. The van der Waals surface area contributed by atoms with E-state index in [1.165, 1.54) is 37.9 Å². The summed E-state index contributed by atoms with van der Waals surface area (Å²) in [6.45, 7) is 9.55. The summed E-state index contributed by atoms with van der Waals surface area (Å²) in [5, 5.41) is 10.6. The number of imidazole rings is 1. The lowest BCUT2D eigenvalue weighted by Gasteiger charge is -2.46. The summed E-state index contributed by atoms with van der Waals surface area (Å²) < 4.78 is 7.58. The van der Waals surface area contributed by atoms with Crippen LogP contribution in [0.4, 0.5) is 5.95 Å². The van der Waals surface area contributed by atoms with Gasteiger partial charge in [0.05, 0.1) is 16.7 Å². The average molecular weight is 463 g/mol. The second-order valence-electron chi connectivity index (χ2n) is 10.8. The van der Waals surface area contributed by atoms with Crippen LogP contribution in [0.25, 0.3) is 11.0 Å². The Labute approximate surface area is 200 Å². The lowest BCUT2D eigenvalue weighted by molar-refractivity contribution is 0.0871. The number of hydrogen-bond acceptors (Lipinski definition) is 6. The fraction of sp³-hybridized carbons (Fsp3) is 0.577. The number of carbonyl (C=O) groups is 1. The number of hydrogen-bond donors (Lipinski definition) is 2. The summed E-state index contributed by atoms with van der Waals surface area (Å²) in [4.78, 5) is 20.4. The number of rotatable bonds is 6. The number of aromatic nitrogens is 3. The molecule has 2 saturated heterocycles. The van der Waals surface area contributed by atoms with Crippen molar-refractivity contribution in [1.29, 1.82) is 0 Å². The van der Waals surface area contributed by atoms with Gasteiger partial charge in [0.15, 0.2) is 0 Å². The molecule has 2 N–H and O–H groups in total. The summed E-state index contributed by atoms with van der Waals surface area (Å²) in [5.41, 5.74) is 4.48. The van der Waals surface area contributed by atoms with Crippen LogP contribution in [0.15, 0.2) is 28.8 Å². The van der Waals surface area contributed by atoms with Gasteiger partial charge in [-0.3, -0.25) is 15.0 Å². The molecule has 8 heteroatoms. The molecule has 3 aromatic rings. The van der Waals surface area contributed by atoms with E-state index in [1.54, 1.807) is 6.07 Å². The zero-order chi connectivity index (χ0) is 23.3. The molecule has 0 bridgehead atoms. The van der Waals surface area contributed by atoms with Crippen LogP contribution in [0.1, 0.15) is 79.7 Å². The zero-order valence-electron chi connectivity index (χ0n) is 20.1. The summed E-state index contributed by atoms with van der Waals surface area (Å²) in [5.74, 6) is 0.730. The maximum Gasteiger partial charge on any atom is 0.296 e. The maximum absolute atomic E-state index is 13.0. The highest BCUT2D eigenvalue weighted by Gasteiger charge is 2.47. The smallest absolute Gasteiger partial charge is 0.296 e. The van der Waals surface area contributed by atoms with Gasteiger partial charge in [0.1, 0.15) is 0 Å². The number of anilines is 1. The second-order valence-corrected chi connectivity index (χ2v) is 10.8. The molecule has 8 nitrogen and oxygen atoms in total. The van der Waals surface area contributed by atoms with Crippen molar-refractivity contribution in [2.75, 3.05) is 31.5 Å². The SMILES string of the molecule is CC(C)c1cc(C(=O)Nc2nc3cc(CN4CCCC4)ccc3n2[C@H]2C[C@@]3(CCNC3)C2)on1. The van der Waals surface area contributed by atoms with E-state index < -0.39 is 0 Å². The highest BCUT2D eigenvalue weighted by molar-refractivity contribution is 6.02. The molecular formula is C26H34N6O2. The number of likely N-dealkylation sites (tertiary alicyclic amines) is 1. The molecule has 1 aliphatic carbocycles. The number of fused-ring (bicyclic) bond motifs is 1. The largest absolute Gasteiger partial charge is 0.351 e. The predicted octanol–water partition coefficient (Wildman–Crippen LogP) is 4.31. The molecule has 4 heterocycles. The standard InChI is InChI=1S/C26H34N6O2/c1-17(2)20-12-23(34-30-20)24(33)29-25-28-21-11-18(15-31-9-3-4-10-31)5-6-22(21)32(25)19-13-26(14-19)7-8-27-16-26/h5-6,11-12,17,19,27H,3-4,7-10,13-16H2,1-2H3,(H,28,29,33)/t19-,26-. The van der Waals surface area contributed by atoms with E-state index in [9.17, 15) is 4.79 Å². The van der Waals surface area contributed by atoms with Crippen molar-refractivity contribution in [3.63, 3.8) is 0 Å². The van der Waals surface area contributed by atoms with E-state index in [-0.39, 0.29) is 17.6 Å². The Morgan fingerprint density at radius 3 is 2.79 bits per heavy atom. The molecule has 2 aromatic heterocycles. The lowest BCUT2D eigenvalue weighted by atomic mass is 9.65. The van der Waals surface area contributed by atoms with Gasteiger partial charge in [-0.1, -0.05) is 25.1 Å². The molecule has 180 valence electrons. The van der Waals surface area contributed by atoms with E-state index >= 15 is 0 Å². The summed E-state index contributed by atoms with van der Waals surface area (Å²) in [7, 11) is 0. The van der Waals surface area contributed by atoms with E-state index in [1.807, 2.05) is 13.8 Å². The number of carbonyl (C=O) groups excluding carboxylic acids is 1. The molecule has 1 aromatic carbocycles. The molecule has 1 spiro atoms. The Bertz CT molecular complexity index is 1190. The maximum atomic E-state index is 13.0. The molecule has 0 atom stereocenters. The van der Waals surface area contributed by atoms with Crippen molar-refractivity contribution in [3.05, 3.63) is 41.3 Å². The van der Waals surface area contributed by atoms with Gasteiger partial charge in [-0.15, -0.1) is 0 Å². The van der Waals surface area contributed by atoms with Gasteiger partial charge in [0, 0.05) is 25.2 Å². The normalized spacial score (nSPS) is 25.0.